The highest BCUT2D eigenvalue weighted by atomic mass is 79.9. The van der Waals surface area contributed by atoms with Crippen molar-refractivity contribution in [2.45, 2.75) is 11.8 Å². The average Bonchev–Trinajstić information content (AvgIpc) is 2.82. The van der Waals surface area contributed by atoms with Gasteiger partial charge < -0.3 is 0 Å². The Kier molecular flexibility index (Phi) is 5.79. The lowest BCUT2D eigenvalue weighted by atomic mass is 9.81. The average molecular weight is 443 g/mol. The van der Waals surface area contributed by atoms with Crippen molar-refractivity contribution in [3.8, 4) is 0 Å². The SMILES string of the molecule is Clc1ccc(C(CBr)(CBr)Cc2sccc2Cl)cc1. The number of halogens is 4. The minimum Gasteiger partial charge on any atom is -0.147 e. The van der Waals surface area contributed by atoms with Gasteiger partial charge in [-0.15, -0.1) is 11.3 Å². The molecule has 0 nitrogen and oxygen atoms in total. The third-order valence-corrected chi connectivity index (χ3v) is 6.94. The molecule has 0 radical (unpaired) electrons. The van der Waals surface area contributed by atoms with Crippen LogP contribution in [0.5, 0.6) is 0 Å². The van der Waals surface area contributed by atoms with Gasteiger partial charge in [-0.05, 0) is 35.6 Å². The Balaban J connectivity index is 2.37. The Bertz CT molecular complexity index is 533. The summed E-state index contributed by atoms with van der Waals surface area (Å²) in [5.74, 6) is 0. The first-order valence-corrected chi connectivity index (χ1v) is 9.59. The van der Waals surface area contributed by atoms with Gasteiger partial charge in [0.15, 0.2) is 0 Å². The maximum Gasteiger partial charge on any atom is 0.0545 e. The van der Waals surface area contributed by atoms with E-state index in [4.69, 9.17) is 23.2 Å². The van der Waals surface area contributed by atoms with E-state index < -0.39 is 0 Å². The zero-order chi connectivity index (χ0) is 13.9. The second-order valence-corrected chi connectivity index (χ2v) is 7.39. The van der Waals surface area contributed by atoms with Crippen LogP contribution in [0, 0.1) is 0 Å². The van der Waals surface area contributed by atoms with E-state index >= 15 is 0 Å². The van der Waals surface area contributed by atoms with E-state index in [0.717, 1.165) is 27.1 Å². The molecule has 19 heavy (non-hydrogen) atoms. The highest BCUT2D eigenvalue weighted by Gasteiger charge is 2.31. The second kappa shape index (κ2) is 6.95. The maximum absolute atomic E-state index is 6.23. The highest BCUT2D eigenvalue weighted by molar-refractivity contribution is 9.09. The van der Waals surface area contributed by atoms with Crippen LogP contribution in [0.15, 0.2) is 35.7 Å². The zero-order valence-electron chi connectivity index (χ0n) is 10.0. The predicted octanol–water partition coefficient (Wildman–Crippen LogP) is 6.33. The van der Waals surface area contributed by atoms with Crippen molar-refractivity contribution >= 4 is 66.4 Å². The molecule has 2 rings (SSSR count). The van der Waals surface area contributed by atoms with Gasteiger partial charge in [0.25, 0.3) is 0 Å². The Morgan fingerprint density at radius 3 is 2.11 bits per heavy atom. The van der Waals surface area contributed by atoms with Gasteiger partial charge in [0, 0.05) is 26.0 Å². The van der Waals surface area contributed by atoms with Gasteiger partial charge in [0.05, 0.1) is 5.02 Å². The zero-order valence-corrected chi connectivity index (χ0v) is 15.5. The van der Waals surface area contributed by atoms with Crippen LogP contribution in [0.2, 0.25) is 10.0 Å². The molecule has 5 heteroatoms. The molecule has 1 aromatic heterocycles. The minimum atomic E-state index is -0.0148. The first-order valence-electron chi connectivity index (χ1n) is 5.71. The van der Waals surface area contributed by atoms with Crippen molar-refractivity contribution in [2.75, 3.05) is 10.7 Å². The van der Waals surface area contributed by atoms with Gasteiger partial charge in [-0.2, -0.15) is 0 Å². The molecule has 0 fully saturated rings. The van der Waals surface area contributed by atoms with E-state index in [0.29, 0.717) is 0 Å². The fourth-order valence-electron chi connectivity index (χ4n) is 1.95. The fraction of sp³-hybridized carbons (Fsp3) is 0.286. The molecule has 1 aromatic carbocycles. The summed E-state index contributed by atoms with van der Waals surface area (Å²) < 4.78 is 0. The van der Waals surface area contributed by atoms with Crippen LogP contribution in [0.25, 0.3) is 0 Å². The van der Waals surface area contributed by atoms with E-state index in [1.165, 1.54) is 10.4 Å². The molecule has 0 spiro atoms. The monoisotopic (exact) mass is 440 g/mol. The van der Waals surface area contributed by atoms with Crippen LogP contribution in [0.3, 0.4) is 0 Å². The van der Waals surface area contributed by atoms with E-state index in [-0.39, 0.29) is 5.41 Å². The van der Waals surface area contributed by atoms with Crippen LogP contribution in [0.1, 0.15) is 10.4 Å². The van der Waals surface area contributed by atoms with E-state index in [1.807, 2.05) is 23.6 Å². The van der Waals surface area contributed by atoms with Gasteiger partial charge in [-0.25, -0.2) is 0 Å². The van der Waals surface area contributed by atoms with E-state index in [9.17, 15) is 0 Å². The third kappa shape index (κ3) is 3.56. The number of hydrogen-bond acceptors (Lipinski definition) is 1. The maximum atomic E-state index is 6.23. The van der Waals surface area contributed by atoms with Crippen molar-refractivity contribution in [3.63, 3.8) is 0 Å². The Hall–Kier alpha value is 0.460. The minimum absolute atomic E-state index is 0.0148. The summed E-state index contributed by atoms with van der Waals surface area (Å²) in [6, 6.07) is 10.0. The second-order valence-electron chi connectivity index (χ2n) is 4.42. The Labute approximate surface area is 144 Å². The van der Waals surface area contributed by atoms with Crippen molar-refractivity contribution in [3.05, 3.63) is 56.2 Å². The molecule has 0 N–H and O–H groups in total. The molecule has 102 valence electrons. The lowest BCUT2D eigenvalue weighted by Crippen LogP contribution is -2.32. The fourth-order valence-corrected chi connectivity index (χ4v) is 5.29. The summed E-state index contributed by atoms with van der Waals surface area (Å²) in [6.07, 6.45) is 0.904. The standard InChI is InChI=1S/C14H12Br2Cl2S/c15-8-14(9-16,7-13-12(18)5-6-19-13)10-1-3-11(17)4-2-10/h1-6H,7-9H2. The Morgan fingerprint density at radius 1 is 1.00 bits per heavy atom. The summed E-state index contributed by atoms with van der Waals surface area (Å²) in [7, 11) is 0. The molecule has 0 atom stereocenters. The van der Waals surface area contributed by atoms with E-state index in [1.54, 1.807) is 11.3 Å². The predicted molar refractivity (Wildman–Crippen MR) is 93.8 cm³/mol. The summed E-state index contributed by atoms with van der Waals surface area (Å²) in [5.41, 5.74) is 1.24. The molecule has 1 heterocycles. The van der Waals surface area contributed by atoms with Crippen molar-refractivity contribution in [1.29, 1.82) is 0 Å². The van der Waals surface area contributed by atoms with Crippen LogP contribution in [-0.4, -0.2) is 10.7 Å². The van der Waals surface area contributed by atoms with Gasteiger partial charge in [-0.1, -0.05) is 67.2 Å². The molecule has 0 unspecified atom stereocenters. The lowest BCUT2D eigenvalue weighted by Gasteiger charge is -2.30. The summed E-state index contributed by atoms with van der Waals surface area (Å²) >= 11 is 21.2. The first-order chi connectivity index (χ1) is 9.11. The van der Waals surface area contributed by atoms with Crippen molar-refractivity contribution in [1.82, 2.24) is 0 Å². The lowest BCUT2D eigenvalue weighted by molar-refractivity contribution is 0.556. The largest absolute Gasteiger partial charge is 0.147 e. The molecule has 0 aliphatic rings. The molecule has 0 aliphatic heterocycles. The summed E-state index contributed by atoms with van der Waals surface area (Å²) in [4.78, 5) is 1.22. The highest BCUT2D eigenvalue weighted by Crippen LogP contribution is 2.37. The van der Waals surface area contributed by atoms with Crippen LogP contribution in [0.4, 0.5) is 0 Å². The third-order valence-electron chi connectivity index (χ3n) is 3.16. The smallest absolute Gasteiger partial charge is 0.0545 e. The molecular weight excluding hydrogens is 431 g/mol. The first kappa shape index (κ1) is 15.8. The molecule has 0 aliphatic carbocycles. The number of alkyl halides is 2. The summed E-state index contributed by atoms with van der Waals surface area (Å²) in [6.45, 7) is 0. The quantitative estimate of drug-likeness (QED) is 0.475. The van der Waals surface area contributed by atoms with Crippen molar-refractivity contribution < 1.29 is 0 Å². The number of rotatable bonds is 5. The molecule has 0 amide bonds. The normalized spacial score (nSPS) is 11.8. The van der Waals surface area contributed by atoms with Gasteiger partial charge in [0.1, 0.15) is 0 Å². The van der Waals surface area contributed by atoms with Crippen molar-refractivity contribution in [2.24, 2.45) is 0 Å². The molecule has 0 bridgehead atoms. The van der Waals surface area contributed by atoms with Gasteiger partial charge in [-0.3, -0.25) is 0 Å². The van der Waals surface area contributed by atoms with Crippen LogP contribution >= 0.6 is 66.4 Å². The van der Waals surface area contributed by atoms with E-state index in [2.05, 4.69) is 44.0 Å². The number of benzene rings is 1. The van der Waals surface area contributed by atoms with Gasteiger partial charge >= 0.3 is 0 Å². The molecule has 0 saturated carbocycles. The van der Waals surface area contributed by atoms with Crippen LogP contribution in [-0.2, 0) is 11.8 Å². The number of thiophene rings is 1. The van der Waals surface area contributed by atoms with Gasteiger partial charge in [0.2, 0.25) is 0 Å². The molecule has 0 saturated heterocycles. The Morgan fingerprint density at radius 2 is 1.63 bits per heavy atom. The topological polar surface area (TPSA) is 0 Å². The number of hydrogen-bond donors (Lipinski definition) is 0. The molecule has 2 aromatic rings. The summed E-state index contributed by atoms with van der Waals surface area (Å²) in [5, 5.41) is 5.37. The molecular formula is C14H12Br2Cl2S. The van der Waals surface area contributed by atoms with Crippen LogP contribution < -0.4 is 0 Å².